The van der Waals surface area contributed by atoms with E-state index < -0.39 is 9.73 Å². The molecule has 1 heterocycles. The molecule has 1 aliphatic heterocycles. The first kappa shape index (κ1) is 18.8. The maximum atomic E-state index is 12.9. The molecule has 1 aromatic carbocycles. The summed E-state index contributed by atoms with van der Waals surface area (Å²) < 4.78 is 19.3. The van der Waals surface area contributed by atoms with Gasteiger partial charge in [0.25, 0.3) is 5.91 Å². The van der Waals surface area contributed by atoms with Gasteiger partial charge in [0.1, 0.15) is 0 Å². The molecule has 8 heteroatoms. The fraction of sp³-hybridized carbons (Fsp3) is 0.500. The van der Waals surface area contributed by atoms with Crippen LogP contribution in [-0.2, 0) is 14.5 Å². The van der Waals surface area contributed by atoms with Gasteiger partial charge in [0.05, 0.1) is 9.73 Å². The van der Waals surface area contributed by atoms with E-state index in [1.807, 2.05) is 16.7 Å². The summed E-state index contributed by atoms with van der Waals surface area (Å²) in [6.07, 6.45) is 2.31. The van der Waals surface area contributed by atoms with Gasteiger partial charge in [0.2, 0.25) is 5.91 Å². The molecule has 0 spiro atoms. The largest absolute Gasteiger partial charge is 0.355 e. The Morgan fingerprint density at radius 1 is 1.38 bits per heavy atom. The van der Waals surface area contributed by atoms with Crippen LogP contribution in [0.1, 0.15) is 23.7 Å². The van der Waals surface area contributed by atoms with Crippen LogP contribution in [0, 0.1) is 4.78 Å². The predicted octanol–water partition coefficient (Wildman–Crippen LogP) is 1.81. The first-order chi connectivity index (χ1) is 11.3. The minimum atomic E-state index is -2.78. The zero-order valence-electron chi connectivity index (χ0n) is 13.9. The summed E-state index contributed by atoms with van der Waals surface area (Å²) in [6, 6.07) is 6.59. The summed E-state index contributed by atoms with van der Waals surface area (Å²) in [6.45, 7) is 2.35. The molecule has 2 amide bonds. The van der Waals surface area contributed by atoms with Gasteiger partial charge in [-0.1, -0.05) is 0 Å². The molecule has 0 radical (unpaired) electrons. The van der Waals surface area contributed by atoms with E-state index in [-0.39, 0.29) is 17.9 Å². The van der Waals surface area contributed by atoms with Crippen molar-refractivity contribution in [2.24, 2.45) is 0 Å². The molecule has 0 bridgehead atoms. The fourth-order valence-corrected chi connectivity index (χ4v) is 4.47. The SMILES string of the molecule is CC(=O)NCCN(C(=O)c1ccc(S(C)(=N)=O)cc1)C1CCSC1. The number of hydrogen-bond donors (Lipinski definition) is 2. The van der Waals surface area contributed by atoms with Crippen LogP contribution in [0.25, 0.3) is 0 Å². The summed E-state index contributed by atoms with van der Waals surface area (Å²) in [4.78, 5) is 26.1. The van der Waals surface area contributed by atoms with Crippen LogP contribution in [0.15, 0.2) is 29.2 Å². The number of carbonyl (C=O) groups excluding carboxylic acids is 2. The molecule has 2 N–H and O–H groups in total. The first-order valence-electron chi connectivity index (χ1n) is 7.76. The summed E-state index contributed by atoms with van der Waals surface area (Å²) in [7, 11) is -2.78. The van der Waals surface area contributed by atoms with Crippen molar-refractivity contribution in [2.75, 3.05) is 30.9 Å². The number of nitrogens with one attached hydrogen (secondary N) is 2. The Balaban J connectivity index is 2.15. The monoisotopic (exact) mass is 369 g/mol. The van der Waals surface area contributed by atoms with Crippen LogP contribution >= 0.6 is 11.8 Å². The van der Waals surface area contributed by atoms with Crippen molar-refractivity contribution in [1.29, 1.82) is 4.78 Å². The lowest BCUT2D eigenvalue weighted by Crippen LogP contribution is -2.44. The number of thioether (sulfide) groups is 1. The number of nitrogens with zero attached hydrogens (tertiary/aromatic N) is 1. The molecule has 6 nitrogen and oxygen atoms in total. The Labute approximate surface area is 147 Å². The molecule has 1 aliphatic rings. The van der Waals surface area contributed by atoms with E-state index in [0.717, 1.165) is 17.9 Å². The van der Waals surface area contributed by atoms with Crippen molar-refractivity contribution in [3.8, 4) is 0 Å². The standard InChI is InChI=1S/C16H23N3O3S2/c1-12(20)18-8-9-19(14-7-10-23-11-14)16(21)13-3-5-15(6-4-13)24(2,17)22/h3-6,14,17H,7-11H2,1-2H3,(H,18,20). The second-order valence-electron chi connectivity index (χ2n) is 5.87. The molecule has 0 aromatic heterocycles. The summed E-state index contributed by atoms with van der Waals surface area (Å²) >= 11 is 1.82. The van der Waals surface area contributed by atoms with Gasteiger partial charge in [0, 0.05) is 48.5 Å². The van der Waals surface area contributed by atoms with E-state index in [4.69, 9.17) is 4.78 Å². The molecule has 24 heavy (non-hydrogen) atoms. The molecule has 0 saturated carbocycles. The lowest BCUT2D eigenvalue weighted by atomic mass is 10.1. The molecule has 132 valence electrons. The Bertz CT molecular complexity index is 696. The number of benzene rings is 1. The minimum Gasteiger partial charge on any atom is -0.355 e. The highest BCUT2D eigenvalue weighted by Crippen LogP contribution is 2.24. The third kappa shape index (κ3) is 4.98. The maximum absolute atomic E-state index is 12.9. The van der Waals surface area contributed by atoms with Crippen LogP contribution in [0.2, 0.25) is 0 Å². The van der Waals surface area contributed by atoms with E-state index in [0.29, 0.717) is 23.5 Å². The summed E-state index contributed by atoms with van der Waals surface area (Å²) in [5, 5.41) is 2.73. The van der Waals surface area contributed by atoms with Crippen LogP contribution in [0.4, 0.5) is 0 Å². The highest BCUT2D eigenvalue weighted by Gasteiger charge is 2.27. The van der Waals surface area contributed by atoms with E-state index in [1.54, 1.807) is 24.3 Å². The smallest absolute Gasteiger partial charge is 0.254 e. The number of amides is 2. The first-order valence-corrected chi connectivity index (χ1v) is 10.9. The average Bonchev–Trinajstić information content (AvgIpc) is 3.04. The van der Waals surface area contributed by atoms with Gasteiger partial charge in [-0.3, -0.25) is 9.59 Å². The van der Waals surface area contributed by atoms with Crippen LogP contribution in [0.3, 0.4) is 0 Å². The minimum absolute atomic E-state index is 0.0908. The Kier molecular flexibility index (Phi) is 6.28. The van der Waals surface area contributed by atoms with Gasteiger partial charge in [-0.25, -0.2) is 8.99 Å². The van der Waals surface area contributed by atoms with Crippen molar-refractivity contribution in [2.45, 2.75) is 24.3 Å². The molecule has 2 unspecified atom stereocenters. The Morgan fingerprint density at radius 2 is 2.04 bits per heavy atom. The second kappa shape index (κ2) is 8.02. The normalized spacial score (nSPS) is 19.5. The van der Waals surface area contributed by atoms with Gasteiger partial charge in [-0.2, -0.15) is 11.8 Å². The third-order valence-electron chi connectivity index (χ3n) is 3.88. The van der Waals surface area contributed by atoms with E-state index in [2.05, 4.69) is 5.32 Å². The van der Waals surface area contributed by atoms with Gasteiger partial charge in [-0.15, -0.1) is 0 Å². The zero-order valence-corrected chi connectivity index (χ0v) is 15.5. The topological polar surface area (TPSA) is 90.3 Å². The van der Waals surface area contributed by atoms with Crippen molar-refractivity contribution in [1.82, 2.24) is 10.2 Å². The van der Waals surface area contributed by atoms with Gasteiger partial charge in [0.15, 0.2) is 0 Å². The Hall–Kier alpha value is -1.54. The van der Waals surface area contributed by atoms with Crippen LogP contribution < -0.4 is 5.32 Å². The summed E-state index contributed by atoms with van der Waals surface area (Å²) in [5.74, 6) is 1.73. The number of rotatable bonds is 6. The highest BCUT2D eigenvalue weighted by atomic mass is 32.2. The van der Waals surface area contributed by atoms with Crippen molar-refractivity contribution >= 4 is 33.3 Å². The Morgan fingerprint density at radius 3 is 2.54 bits per heavy atom. The van der Waals surface area contributed by atoms with Crippen LogP contribution in [-0.4, -0.2) is 57.8 Å². The van der Waals surface area contributed by atoms with Crippen molar-refractivity contribution in [3.63, 3.8) is 0 Å². The molecule has 0 aliphatic carbocycles. The second-order valence-corrected chi connectivity index (χ2v) is 9.18. The number of carbonyl (C=O) groups is 2. The van der Waals surface area contributed by atoms with Gasteiger partial charge in [-0.05, 0) is 36.4 Å². The highest BCUT2D eigenvalue weighted by molar-refractivity contribution is 7.99. The predicted molar refractivity (Wildman–Crippen MR) is 96.9 cm³/mol. The molecule has 1 aromatic rings. The molecule has 1 saturated heterocycles. The average molecular weight is 370 g/mol. The van der Waals surface area contributed by atoms with E-state index in [1.165, 1.54) is 13.2 Å². The van der Waals surface area contributed by atoms with Crippen molar-refractivity contribution in [3.05, 3.63) is 29.8 Å². The fourth-order valence-electron chi connectivity index (χ4n) is 2.59. The molecule has 1 fully saturated rings. The van der Waals surface area contributed by atoms with Crippen molar-refractivity contribution < 1.29 is 13.8 Å². The van der Waals surface area contributed by atoms with Gasteiger partial charge >= 0.3 is 0 Å². The molecular weight excluding hydrogens is 346 g/mol. The molecule has 2 atom stereocenters. The van der Waals surface area contributed by atoms with Gasteiger partial charge < -0.3 is 10.2 Å². The third-order valence-corrected chi connectivity index (χ3v) is 6.20. The molecule has 2 rings (SSSR count). The summed E-state index contributed by atoms with van der Waals surface area (Å²) in [5.41, 5.74) is 0.516. The quantitative estimate of drug-likeness (QED) is 0.800. The zero-order chi connectivity index (χ0) is 17.7. The number of hydrogen-bond acceptors (Lipinski definition) is 5. The lowest BCUT2D eigenvalue weighted by molar-refractivity contribution is -0.119. The lowest BCUT2D eigenvalue weighted by Gasteiger charge is -2.29. The van der Waals surface area contributed by atoms with Crippen LogP contribution in [0.5, 0.6) is 0 Å². The molecular formula is C16H23N3O3S2. The maximum Gasteiger partial charge on any atom is 0.254 e. The van der Waals surface area contributed by atoms with E-state index >= 15 is 0 Å². The van der Waals surface area contributed by atoms with E-state index in [9.17, 15) is 13.8 Å².